The van der Waals surface area contributed by atoms with E-state index in [0.29, 0.717) is 29.2 Å². The number of halogens is 2. The van der Waals surface area contributed by atoms with Gasteiger partial charge in [-0.2, -0.15) is 0 Å². The molecule has 0 N–H and O–H groups in total. The van der Waals surface area contributed by atoms with E-state index < -0.39 is 10.0 Å². The summed E-state index contributed by atoms with van der Waals surface area (Å²) in [5.41, 5.74) is 1.86. The SMILES string of the molecule is CN(C)S(=O)(=O)c1ccc2c(c1)CCCN2C(=O)c1cccc(Cl)c1Cl. The summed E-state index contributed by atoms with van der Waals surface area (Å²) in [7, 11) is -0.538. The molecule has 1 aliphatic rings. The van der Waals surface area contributed by atoms with Gasteiger partial charge in [-0.05, 0) is 48.7 Å². The number of sulfonamides is 1. The summed E-state index contributed by atoms with van der Waals surface area (Å²) in [5.74, 6) is -0.248. The van der Waals surface area contributed by atoms with E-state index in [1.165, 1.54) is 24.5 Å². The molecule has 0 aromatic heterocycles. The van der Waals surface area contributed by atoms with Crippen LogP contribution >= 0.6 is 23.2 Å². The fourth-order valence-electron chi connectivity index (χ4n) is 2.97. The molecule has 0 aliphatic carbocycles. The number of rotatable bonds is 3. The lowest BCUT2D eigenvalue weighted by molar-refractivity contribution is 0.0985. The van der Waals surface area contributed by atoms with Gasteiger partial charge < -0.3 is 4.90 Å². The zero-order chi connectivity index (χ0) is 19.1. The molecule has 138 valence electrons. The molecule has 26 heavy (non-hydrogen) atoms. The Bertz CT molecular complexity index is 974. The van der Waals surface area contributed by atoms with Crippen molar-refractivity contribution in [1.29, 1.82) is 0 Å². The smallest absolute Gasteiger partial charge is 0.259 e. The number of hydrogen-bond donors (Lipinski definition) is 0. The van der Waals surface area contributed by atoms with Gasteiger partial charge in [-0.1, -0.05) is 29.3 Å². The van der Waals surface area contributed by atoms with Gasteiger partial charge in [-0.15, -0.1) is 0 Å². The first-order valence-electron chi connectivity index (χ1n) is 8.05. The van der Waals surface area contributed by atoms with Crippen LogP contribution in [0.15, 0.2) is 41.3 Å². The minimum Gasteiger partial charge on any atom is -0.308 e. The summed E-state index contributed by atoms with van der Waals surface area (Å²) < 4.78 is 25.9. The van der Waals surface area contributed by atoms with Crippen LogP contribution in [0.5, 0.6) is 0 Å². The molecule has 0 spiro atoms. The summed E-state index contributed by atoms with van der Waals surface area (Å²) in [4.78, 5) is 14.8. The van der Waals surface area contributed by atoms with Crippen LogP contribution in [0.2, 0.25) is 10.0 Å². The lowest BCUT2D eigenvalue weighted by Crippen LogP contribution is -2.36. The van der Waals surface area contributed by atoms with Gasteiger partial charge in [0.1, 0.15) is 0 Å². The Morgan fingerprint density at radius 2 is 1.88 bits per heavy atom. The molecule has 0 radical (unpaired) electrons. The van der Waals surface area contributed by atoms with E-state index in [1.807, 2.05) is 0 Å². The third-order valence-electron chi connectivity index (χ3n) is 4.38. The maximum absolute atomic E-state index is 13.0. The lowest BCUT2D eigenvalue weighted by Gasteiger charge is -2.30. The molecule has 0 saturated heterocycles. The van der Waals surface area contributed by atoms with Crippen molar-refractivity contribution in [3.8, 4) is 0 Å². The molecule has 2 aromatic carbocycles. The van der Waals surface area contributed by atoms with Crippen molar-refractivity contribution in [2.45, 2.75) is 17.7 Å². The third kappa shape index (κ3) is 3.34. The number of fused-ring (bicyclic) bond motifs is 1. The highest BCUT2D eigenvalue weighted by atomic mass is 35.5. The molecule has 0 saturated carbocycles. The predicted octanol–water partition coefficient (Wildman–Crippen LogP) is 3.84. The molecular formula is C18H18Cl2N2O3S. The second kappa shape index (κ2) is 7.19. The van der Waals surface area contributed by atoms with Gasteiger partial charge in [-0.25, -0.2) is 12.7 Å². The van der Waals surface area contributed by atoms with Crippen molar-refractivity contribution < 1.29 is 13.2 Å². The number of amides is 1. The summed E-state index contributed by atoms with van der Waals surface area (Å²) in [6.45, 7) is 0.536. The first kappa shape index (κ1) is 19.2. The number of hydrogen-bond acceptors (Lipinski definition) is 3. The van der Waals surface area contributed by atoms with Crippen LogP contribution in [-0.4, -0.2) is 39.3 Å². The van der Waals surface area contributed by atoms with Crippen molar-refractivity contribution in [3.63, 3.8) is 0 Å². The quantitative estimate of drug-likeness (QED) is 0.769. The van der Waals surface area contributed by atoms with Crippen LogP contribution in [0, 0.1) is 0 Å². The van der Waals surface area contributed by atoms with E-state index in [-0.39, 0.29) is 15.8 Å². The van der Waals surface area contributed by atoms with Crippen LogP contribution in [0.25, 0.3) is 0 Å². The van der Waals surface area contributed by atoms with Crippen molar-refractivity contribution in [3.05, 3.63) is 57.6 Å². The summed E-state index contributed by atoms with van der Waals surface area (Å²) in [6, 6.07) is 9.79. The number of benzene rings is 2. The molecule has 1 aliphatic heterocycles. The molecule has 3 rings (SSSR count). The molecule has 1 amide bonds. The predicted molar refractivity (Wildman–Crippen MR) is 104 cm³/mol. The molecule has 5 nitrogen and oxygen atoms in total. The van der Waals surface area contributed by atoms with Crippen LogP contribution in [0.3, 0.4) is 0 Å². The zero-order valence-corrected chi connectivity index (χ0v) is 16.7. The molecule has 0 bridgehead atoms. The molecule has 0 atom stereocenters. The second-order valence-corrected chi connectivity index (χ2v) is 9.18. The van der Waals surface area contributed by atoms with Gasteiger partial charge in [0.15, 0.2) is 0 Å². The highest BCUT2D eigenvalue weighted by Crippen LogP contribution is 2.33. The van der Waals surface area contributed by atoms with E-state index in [9.17, 15) is 13.2 Å². The normalized spacial score (nSPS) is 14.4. The van der Waals surface area contributed by atoms with E-state index in [2.05, 4.69) is 0 Å². The number of aryl methyl sites for hydroxylation is 1. The van der Waals surface area contributed by atoms with Crippen LogP contribution < -0.4 is 4.90 Å². The van der Waals surface area contributed by atoms with E-state index in [0.717, 1.165) is 12.0 Å². The average molecular weight is 413 g/mol. The van der Waals surface area contributed by atoms with Crippen molar-refractivity contribution in [1.82, 2.24) is 4.31 Å². The average Bonchev–Trinajstić information content (AvgIpc) is 2.62. The fraction of sp³-hybridized carbons (Fsp3) is 0.278. The Kier molecular flexibility index (Phi) is 5.30. The number of carbonyl (C=O) groups excluding carboxylic acids is 1. The van der Waals surface area contributed by atoms with Gasteiger partial charge in [0.2, 0.25) is 10.0 Å². The highest BCUT2D eigenvalue weighted by Gasteiger charge is 2.27. The third-order valence-corrected chi connectivity index (χ3v) is 7.01. The largest absolute Gasteiger partial charge is 0.308 e. The molecule has 0 fully saturated rings. The topological polar surface area (TPSA) is 57.7 Å². The van der Waals surface area contributed by atoms with Gasteiger partial charge in [0.05, 0.1) is 20.5 Å². The van der Waals surface area contributed by atoms with Gasteiger partial charge in [0, 0.05) is 26.3 Å². The van der Waals surface area contributed by atoms with Crippen molar-refractivity contribution in [2.75, 3.05) is 25.5 Å². The van der Waals surface area contributed by atoms with Crippen molar-refractivity contribution in [2.24, 2.45) is 0 Å². The Morgan fingerprint density at radius 3 is 2.58 bits per heavy atom. The summed E-state index contributed by atoms with van der Waals surface area (Å²) in [6.07, 6.45) is 1.45. The van der Waals surface area contributed by atoms with Crippen molar-refractivity contribution >= 4 is 44.8 Å². The lowest BCUT2D eigenvalue weighted by atomic mass is 10.0. The molecular weight excluding hydrogens is 395 g/mol. The first-order chi connectivity index (χ1) is 12.2. The standard InChI is InChI=1S/C18H18Cl2N2O3S/c1-21(2)26(24,25)13-8-9-16-12(11-13)5-4-10-22(16)18(23)14-6-3-7-15(19)17(14)20/h3,6-9,11H,4-5,10H2,1-2H3. The monoisotopic (exact) mass is 412 g/mol. The molecule has 8 heteroatoms. The molecule has 1 heterocycles. The Balaban J connectivity index is 2.02. The van der Waals surface area contributed by atoms with Crippen LogP contribution in [0.4, 0.5) is 5.69 Å². The van der Waals surface area contributed by atoms with Gasteiger partial charge >= 0.3 is 0 Å². The van der Waals surface area contributed by atoms with Gasteiger partial charge in [-0.3, -0.25) is 4.79 Å². The highest BCUT2D eigenvalue weighted by molar-refractivity contribution is 7.89. The number of nitrogens with zero attached hydrogens (tertiary/aromatic N) is 2. The second-order valence-electron chi connectivity index (χ2n) is 6.24. The fourth-order valence-corrected chi connectivity index (χ4v) is 4.30. The molecule has 0 unspecified atom stereocenters. The number of carbonyl (C=O) groups is 1. The maximum atomic E-state index is 13.0. The minimum absolute atomic E-state index is 0.219. The Hall–Kier alpha value is -1.60. The zero-order valence-electron chi connectivity index (χ0n) is 14.4. The van der Waals surface area contributed by atoms with Gasteiger partial charge in [0.25, 0.3) is 5.91 Å². The number of anilines is 1. The van der Waals surface area contributed by atoms with Crippen LogP contribution in [-0.2, 0) is 16.4 Å². The van der Waals surface area contributed by atoms with E-state index in [4.69, 9.17) is 23.2 Å². The summed E-state index contributed by atoms with van der Waals surface area (Å²) in [5, 5.41) is 0.542. The maximum Gasteiger partial charge on any atom is 0.259 e. The molecule has 2 aromatic rings. The van der Waals surface area contributed by atoms with E-state index in [1.54, 1.807) is 35.2 Å². The Labute approximate surface area is 163 Å². The van der Waals surface area contributed by atoms with E-state index >= 15 is 0 Å². The first-order valence-corrected chi connectivity index (χ1v) is 10.2. The Morgan fingerprint density at radius 1 is 1.15 bits per heavy atom. The minimum atomic E-state index is -3.52. The van der Waals surface area contributed by atoms with Crippen LogP contribution in [0.1, 0.15) is 22.3 Å². The summed E-state index contributed by atoms with van der Waals surface area (Å²) >= 11 is 12.2.